The van der Waals surface area contributed by atoms with Gasteiger partial charge in [0.05, 0.1) is 12.5 Å². The van der Waals surface area contributed by atoms with Crippen LogP contribution < -0.4 is 15.4 Å². The van der Waals surface area contributed by atoms with E-state index in [0.29, 0.717) is 13.2 Å². The monoisotopic (exact) mass is 304 g/mol. The molecule has 1 saturated heterocycles. The van der Waals surface area contributed by atoms with Crippen molar-refractivity contribution in [3.8, 4) is 5.75 Å². The summed E-state index contributed by atoms with van der Waals surface area (Å²) in [6, 6.07) is 6.44. The molecule has 0 bridgehead atoms. The van der Waals surface area contributed by atoms with E-state index in [0.717, 1.165) is 43.8 Å². The van der Waals surface area contributed by atoms with Crippen LogP contribution in [0.2, 0.25) is 0 Å². The number of benzene rings is 1. The van der Waals surface area contributed by atoms with Crippen molar-refractivity contribution in [1.82, 2.24) is 0 Å². The number of nitrogens with two attached hydrogens (primary N) is 1. The Kier molecular flexibility index (Phi) is 4.52. The third-order valence-electron chi connectivity index (χ3n) is 4.47. The van der Waals surface area contributed by atoms with Gasteiger partial charge in [-0.1, -0.05) is 6.07 Å². The van der Waals surface area contributed by atoms with Crippen LogP contribution in [0.15, 0.2) is 18.2 Å². The van der Waals surface area contributed by atoms with Crippen LogP contribution in [-0.4, -0.2) is 38.3 Å². The Hall–Kier alpha value is -1.75. The molecule has 2 aliphatic rings. The average molecular weight is 304 g/mol. The number of fused-ring (bicyclic) bond motifs is 1. The highest BCUT2D eigenvalue weighted by atomic mass is 16.5. The molecule has 2 aliphatic heterocycles. The maximum Gasteiger partial charge on any atom is 0.309 e. The molecule has 0 aliphatic carbocycles. The second-order valence-corrected chi connectivity index (χ2v) is 6.08. The van der Waals surface area contributed by atoms with Crippen LogP contribution >= 0.6 is 0 Å². The number of carbonyl (C=O) groups excluding carboxylic acids is 1. The highest BCUT2D eigenvalue weighted by Crippen LogP contribution is 2.31. The number of hydrogen-bond donors (Lipinski definition) is 1. The molecule has 0 amide bonds. The van der Waals surface area contributed by atoms with Gasteiger partial charge in [0.1, 0.15) is 12.4 Å². The molecule has 5 heteroatoms. The van der Waals surface area contributed by atoms with Crippen molar-refractivity contribution in [2.45, 2.75) is 32.2 Å². The van der Waals surface area contributed by atoms with Gasteiger partial charge in [0.15, 0.2) is 0 Å². The number of carbonyl (C=O) groups is 1. The van der Waals surface area contributed by atoms with E-state index in [1.807, 2.05) is 6.92 Å². The second-order valence-electron chi connectivity index (χ2n) is 6.08. The summed E-state index contributed by atoms with van der Waals surface area (Å²) in [5.74, 6) is 0.944. The predicted octanol–water partition coefficient (Wildman–Crippen LogP) is 1.73. The van der Waals surface area contributed by atoms with Gasteiger partial charge in [0.2, 0.25) is 0 Å². The molecule has 2 N–H and O–H groups in total. The fourth-order valence-electron chi connectivity index (χ4n) is 3.21. The Balaban J connectivity index is 1.63. The first-order valence-corrected chi connectivity index (χ1v) is 8.10. The fourth-order valence-corrected chi connectivity index (χ4v) is 3.21. The van der Waals surface area contributed by atoms with Gasteiger partial charge in [0.25, 0.3) is 0 Å². The first-order valence-electron chi connectivity index (χ1n) is 8.10. The summed E-state index contributed by atoms with van der Waals surface area (Å²) in [7, 11) is 0. The molecule has 1 atom stereocenters. The van der Waals surface area contributed by atoms with Crippen molar-refractivity contribution in [2.24, 2.45) is 11.7 Å². The molecule has 0 aromatic heterocycles. The van der Waals surface area contributed by atoms with E-state index in [4.69, 9.17) is 15.2 Å². The molecule has 0 radical (unpaired) electrons. The van der Waals surface area contributed by atoms with E-state index in [1.54, 1.807) is 0 Å². The fraction of sp³-hybridized carbons (Fsp3) is 0.588. The Morgan fingerprint density at radius 2 is 2.18 bits per heavy atom. The number of nitrogens with zero attached hydrogens (tertiary/aromatic N) is 1. The van der Waals surface area contributed by atoms with Gasteiger partial charge in [-0.2, -0.15) is 0 Å². The van der Waals surface area contributed by atoms with Gasteiger partial charge in [-0.15, -0.1) is 0 Å². The van der Waals surface area contributed by atoms with E-state index >= 15 is 0 Å². The molecule has 0 saturated carbocycles. The Morgan fingerprint density at radius 1 is 1.41 bits per heavy atom. The zero-order valence-corrected chi connectivity index (χ0v) is 13.1. The lowest BCUT2D eigenvalue weighted by Gasteiger charge is -2.33. The minimum Gasteiger partial charge on any atom is -0.492 e. The molecule has 0 spiro atoms. The second kappa shape index (κ2) is 6.57. The Morgan fingerprint density at radius 3 is 2.91 bits per heavy atom. The van der Waals surface area contributed by atoms with Crippen LogP contribution in [-0.2, 0) is 16.0 Å². The summed E-state index contributed by atoms with van der Waals surface area (Å²) in [6.45, 7) is 4.65. The van der Waals surface area contributed by atoms with E-state index in [-0.39, 0.29) is 17.9 Å². The molecule has 22 heavy (non-hydrogen) atoms. The van der Waals surface area contributed by atoms with Crippen molar-refractivity contribution < 1.29 is 14.3 Å². The zero-order valence-electron chi connectivity index (χ0n) is 13.1. The summed E-state index contributed by atoms with van der Waals surface area (Å²) in [5, 5.41) is 0. The third-order valence-corrected chi connectivity index (χ3v) is 4.47. The predicted molar refractivity (Wildman–Crippen MR) is 85.2 cm³/mol. The molecule has 1 aromatic rings. The lowest BCUT2D eigenvalue weighted by molar-refractivity contribution is -0.148. The minimum absolute atomic E-state index is 0.0445. The maximum absolute atomic E-state index is 11.8. The first kappa shape index (κ1) is 15.2. The van der Waals surface area contributed by atoms with Crippen LogP contribution in [0.3, 0.4) is 0 Å². The molecule has 3 rings (SSSR count). The van der Waals surface area contributed by atoms with Gasteiger partial charge >= 0.3 is 5.97 Å². The van der Waals surface area contributed by atoms with Crippen molar-refractivity contribution in [3.63, 3.8) is 0 Å². The highest BCUT2D eigenvalue weighted by Gasteiger charge is 2.26. The quantitative estimate of drug-likeness (QED) is 0.862. The van der Waals surface area contributed by atoms with E-state index < -0.39 is 0 Å². The average Bonchev–Trinajstić information content (AvgIpc) is 2.55. The van der Waals surface area contributed by atoms with Crippen LogP contribution in [0.1, 0.15) is 25.3 Å². The van der Waals surface area contributed by atoms with Crippen molar-refractivity contribution in [2.75, 3.05) is 31.2 Å². The number of anilines is 1. The van der Waals surface area contributed by atoms with Gasteiger partial charge in [0, 0.05) is 30.9 Å². The molecule has 1 aromatic carbocycles. The summed E-state index contributed by atoms with van der Waals surface area (Å²) in [4.78, 5) is 14.1. The Bertz CT molecular complexity index is 539. The molecule has 5 nitrogen and oxygen atoms in total. The third kappa shape index (κ3) is 3.19. The molecular weight excluding hydrogens is 280 g/mol. The standard InChI is InChI=1S/C17H24N2O3/c1-2-21-17(20)12-5-7-19(8-6-12)15-4-3-13-9-14(18)11-22-16(13)10-15/h3-4,10,12,14H,2,5-9,11,18H2,1H3. The van der Waals surface area contributed by atoms with Crippen molar-refractivity contribution in [1.29, 1.82) is 0 Å². The van der Waals surface area contributed by atoms with Gasteiger partial charge < -0.3 is 20.1 Å². The number of piperidine rings is 1. The highest BCUT2D eigenvalue weighted by molar-refractivity contribution is 5.73. The zero-order chi connectivity index (χ0) is 15.5. The van der Waals surface area contributed by atoms with Gasteiger partial charge in [-0.3, -0.25) is 4.79 Å². The molecule has 1 fully saturated rings. The molecular formula is C17H24N2O3. The van der Waals surface area contributed by atoms with E-state index in [9.17, 15) is 4.79 Å². The smallest absolute Gasteiger partial charge is 0.309 e. The molecule has 120 valence electrons. The summed E-state index contributed by atoms with van der Waals surface area (Å²) < 4.78 is 10.9. The largest absolute Gasteiger partial charge is 0.492 e. The van der Waals surface area contributed by atoms with E-state index in [1.165, 1.54) is 5.56 Å². The Labute approximate surface area is 131 Å². The summed E-state index contributed by atoms with van der Waals surface area (Å²) >= 11 is 0. The van der Waals surface area contributed by atoms with Gasteiger partial charge in [-0.25, -0.2) is 0 Å². The van der Waals surface area contributed by atoms with Crippen LogP contribution in [0, 0.1) is 5.92 Å². The van der Waals surface area contributed by atoms with Crippen molar-refractivity contribution in [3.05, 3.63) is 23.8 Å². The van der Waals surface area contributed by atoms with Crippen LogP contribution in [0.4, 0.5) is 5.69 Å². The summed E-state index contributed by atoms with van der Waals surface area (Å²) in [6.07, 6.45) is 2.57. The SMILES string of the molecule is CCOC(=O)C1CCN(c2ccc3c(c2)OCC(N)C3)CC1. The minimum atomic E-state index is -0.0510. The lowest BCUT2D eigenvalue weighted by atomic mass is 9.96. The number of esters is 1. The lowest BCUT2D eigenvalue weighted by Crippen LogP contribution is -2.37. The number of hydrogen-bond acceptors (Lipinski definition) is 5. The number of rotatable bonds is 3. The number of ether oxygens (including phenoxy) is 2. The topological polar surface area (TPSA) is 64.8 Å². The van der Waals surface area contributed by atoms with Crippen molar-refractivity contribution >= 4 is 11.7 Å². The first-order chi connectivity index (χ1) is 10.7. The summed E-state index contributed by atoms with van der Waals surface area (Å²) in [5.41, 5.74) is 8.27. The van der Waals surface area contributed by atoms with Gasteiger partial charge in [-0.05, 0) is 37.8 Å². The van der Waals surface area contributed by atoms with Crippen LogP contribution in [0.25, 0.3) is 0 Å². The normalized spacial score (nSPS) is 21.9. The van der Waals surface area contributed by atoms with E-state index in [2.05, 4.69) is 23.1 Å². The molecule has 1 unspecified atom stereocenters. The molecule has 2 heterocycles. The van der Waals surface area contributed by atoms with Crippen LogP contribution in [0.5, 0.6) is 5.75 Å². The maximum atomic E-state index is 11.8.